The van der Waals surface area contributed by atoms with E-state index in [0.29, 0.717) is 18.9 Å². The fraction of sp³-hybridized carbons (Fsp3) is 0.500. The molecule has 0 spiro atoms. The van der Waals surface area contributed by atoms with Crippen molar-refractivity contribution in [3.8, 4) is 0 Å². The molecule has 0 radical (unpaired) electrons. The normalized spacial score (nSPS) is 12.5. The molecular formula is C8H12BrN3O. The number of aromatic nitrogens is 2. The maximum atomic E-state index is 8.99. The number of nitrogens with zero attached hydrogens (tertiary/aromatic N) is 2. The summed E-state index contributed by atoms with van der Waals surface area (Å²) in [5.41, 5.74) is 0. The van der Waals surface area contributed by atoms with Crippen LogP contribution in [0.1, 0.15) is 13.3 Å². The summed E-state index contributed by atoms with van der Waals surface area (Å²) in [6.45, 7) is 2.43. The molecule has 0 fully saturated rings. The van der Waals surface area contributed by atoms with E-state index in [0.717, 1.165) is 4.47 Å². The summed E-state index contributed by atoms with van der Waals surface area (Å²) in [6.07, 6.45) is 3.76. The van der Waals surface area contributed by atoms with Crippen LogP contribution in [0.4, 0.5) is 5.95 Å². The topological polar surface area (TPSA) is 58.0 Å². The largest absolute Gasteiger partial charge is 0.393 e. The Labute approximate surface area is 85.5 Å². The molecule has 0 aliphatic rings. The first kappa shape index (κ1) is 10.4. The van der Waals surface area contributed by atoms with E-state index in [-0.39, 0.29) is 6.10 Å². The molecule has 5 heteroatoms. The molecule has 0 saturated heterocycles. The second-order valence-electron chi connectivity index (χ2n) is 2.79. The summed E-state index contributed by atoms with van der Waals surface area (Å²) in [6, 6.07) is 0. The minimum atomic E-state index is -0.289. The van der Waals surface area contributed by atoms with Crippen LogP contribution < -0.4 is 5.32 Å². The van der Waals surface area contributed by atoms with Crippen molar-refractivity contribution in [2.24, 2.45) is 0 Å². The molecular weight excluding hydrogens is 234 g/mol. The van der Waals surface area contributed by atoms with E-state index < -0.39 is 0 Å². The van der Waals surface area contributed by atoms with Gasteiger partial charge in [-0.25, -0.2) is 9.97 Å². The number of hydrogen-bond donors (Lipinski definition) is 2. The lowest BCUT2D eigenvalue weighted by Crippen LogP contribution is -2.11. The molecule has 0 saturated carbocycles. The average Bonchev–Trinajstić information content (AvgIpc) is 2.08. The van der Waals surface area contributed by atoms with E-state index in [1.54, 1.807) is 19.3 Å². The molecule has 0 bridgehead atoms. The first-order chi connectivity index (χ1) is 6.18. The third-order valence-electron chi connectivity index (χ3n) is 1.47. The van der Waals surface area contributed by atoms with Crippen LogP contribution in [0.5, 0.6) is 0 Å². The number of nitrogens with one attached hydrogen (secondary N) is 1. The van der Waals surface area contributed by atoms with E-state index in [1.165, 1.54) is 0 Å². The molecule has 1 unspecified atom stereocenters. The van der Waals surface area contributed by atoms with Crippen LogP contribution in [-0.4, -0.2) is 27.7 Å². The Morgan fingerprint density at radius 2 is 2.15 bits per heavy atom. The van der Waals surface area contributed by atoms with Crippen molar-refractivity contribution in [3.05, 3.63) is 16.9 Å². The van der Waals surface area contributed by atoms with E-state index >= 15 is 0 Å². The number of aliphatic hydroxyl groups excluding tert-OH is 1. The van der Waals surface area contributed by atoms with Crippen molar-refractivity contribution in [1.82, 2.24) is 9.97 Å². The van der Waals surface area contributed by atoms with Gasteiger partial charge in [-0.1, -0.05) is 0 Å². The zero-order valence-electron chi connectivity index (χ0n) is 7.37. The summed E-state index contributed by atoms with van der Waals surface area (Å²) in [7, 11) is 0. The van der Waals surface area contributed by atoms with Crippen LogP contribution in [0.25, 0.3) is 0 Å². The van der Waals surface area contributed by atoms with Crippen molar-refractivity contribution in [2.45, 2.75) is 19.4 Å². The number of rotatable bonds is 4. The highest BCUT2D eigenvalue weighted by molar-refractivity contribution is 9.10. The number of halogens is 1. The predicted molar refractivity (Wildman–Crippen MR) is 54.5 cm³/mol. The fourth-order valence-electron chi connectivity index (χ4n) is 0.796. The van der Waals surface area contributed by atoms with Gasteiger partial charge in [-0.3, -0.25) is 0 Å². The van der Waals surface area contributed by atoms with Gasteiger partial charge in [-0.15, -0.1) is 0 Å². The maximum Gasteiger partial charge on any atom is 0.222 e. The predicted octanol–water partition coefficient (Wildman–Crippen LogP) is 1.42. The van der Waals surface area contributed by atoms with Crippen LogP contribution in [0.2, 0.25) is 0 Å². The second-order valence-corrected chi connectivity index (χ2v) is 3.71. The molecule has 1 aromatic rings. The molecule has 0 aromatic carbocycles. The first-order valence-electron chi connectivity index (χ1n) is 4.08. The van der Waals surface area contributed by atoms with Gasteiger partial charge in [0.2, 0.25) is 5.95 Å². The van der Waals surface area contributed by atoms with Gasteiger partial charge in [0.25, 0.3) is 0 Å². The minimum Gasteiger partial charge on any atom is -0.393 e. The Morgan fingerprint density at radius 1 is 1.54 bits per heavy atom. The molecule has 4 nitrogen and oxygen atoms in total. The Kier molecular flexibility index (Phi) is 4.11. The maximum absolute atomic E-state index is 8.99. The first-order valence-corrected chi connectivity index (χ1v) is 4.87. The average molecular weight is 246 g/mol. The molecule has 1 aromatic heterocycles. The van der Waals surface area contributed by atoms with Crippen molar-refractivity contribution >= 4 is 21.9 Å². The molecule has 13 heavy (non-hydrogen) atoms. The molecule has 1 heterocycles. The Balaban J connectivity index is 2.33. The van der Waals surface area contributed by atoms with E-state index in [2.05, 4.69) is 31.2 Å². The van der Waals surface area contributed by atoms with Crippen molar-refractivity contribution in [2.75, 3.05) is 11.9 Å². The smallest absolute Gasteiger partial charge is 0.222 e. The standard InChI is InChI=1S/C8H12BrN3O/c1-6(13)2-3-10-8-11-4-7(9)5-12-8/h4-6,13H,2-3H2,1H3,(H,10,11,12). The summed E-state index contributed by atoms with van der Waals surface area (Å²) >= 11 is 3.24. The lowest BCUT2D eigenvalue weighted by molar-refractivity contribution is 0.188. The van der Waals surface area contributed by atoms with Crippen molar-refractivity contribution < 1.29 is 5.11 Å². The zero-order chi connectivity index (χ0) is 9.68. The monoisotopic (exact) mass is 245 g/mol. The molecule has 1 atom stereocenters. The summed E-state index contributed by atoms with van der Waals surface area (Å²) in [4.78, 5) is 8.05. The van der Waals surface area contributed by atoms with E-state index in [1.807, 2.05) is 0 Å². The molecule has 0 aliphatic carbocycles. The van der Waals surface area contributed by atoms with Crippen LogP contribution in [0.3, 0.4) is 0 Å². The van der Waals surface area contributed by atoms with Gasteiger partial charge in [0.1, 0.15) is 0 Å². The molecule has 0 amide bonds. The van der Waals surface area contributed by atoms with Gasteiger partial charge in [0, 0.05) is 18.9 Å². The molecule has 72 valence electrons. The minimum absolute atomic E-state index is 0.289. The third kappa shape index (κ3) is 4.19. The highest BCUT2D eigenvalue weighted by atomic mass is 79.9. The highest BCUT2D eigenvalue weighted by Crippen LogP contribution is 2.06. The van der Waals surface area contributed by atoms with Gasteiger partial charge in [0.15, 0.2) is 0 Å². The summed E-state index contributed by atoms with van der Waals surface area (Å²) in [5.74, 6) is 0.587. The highest BCUT2D eigenvalue weighted by Gasteiger charge is 1.97. The van der Waals surface area contributed by atoms with Gasteiger partial charge in [-0.05, 0) is 29.3 Å². The summed E-state index contributed by atoms with van der Waals surface area (Å²) < 4.78 is 0.855. The lowest BCUT2D eigenvalue weighted by Gasteiger charge is -2.05. The number of hydrogen-bond acceptors (Lipinski definition) is 4. The molecule has 2 N–H and O–H groups in total. The van der Waals surface area contributed by atoms with Crippen LogP contribution >= 0.6 is 15.9 Å². The number of aliphatic hydroxyl groups is 1. The Morgan fingerprint density at radius 3 is 2.69 bits per heavy atom. The van der Waals surface area contributed by atoms with E-state index in [9.17, 15) is 0 Å². The van der Waals surface area contributed by atoms with Crippen LogP contribution in [0, 0.1) is 0 Å². The van der Waals surface area contributed by atoms with Gasteiger partial charge in [-0.2, -0.15) is 0 Å². The van der Waals surface area contributed by atoms with Gasteiger partial charge in [0.05, 0.1) is 10.6 Å². The lowest BCUT2D eigenvalue weighted by atomic mass is 10.3. The second kappa shape index (κ2) is 5.14. The fourth-order valence-corrected chi connectivity index (χ4v) is 1.00. The summed E-state index contributed by atoms with van der Waals surface area (Å²) in [5, 5.41) is 12.0. The Hall–Kier alpha value is -0.680. The number of anilines is 1. The van der Waals surface area contributed by atoms with Crippen molar-refractivity contribution in [3.63, 3.8) is 0 Å². The SMILES string of the molecule is CC(O)CCNc1ncc(Br)cn1. The van der Waals surface area contributed by atoms with Crippen LogP contribution in [-0.2, 0) is 0 Å². The van der Waals surface area contributed by atoms with Gasteiger partial charge < -0.3 is 10.4 Å². The Bertz CT molecular complexity index is 250. The third-order valence-corrected chi connectivity index (χ3v) is 1.88. The van der Waals surface area contributed by atoms with Gasteiger partial charge >= 0.3 is 0 Å². The van der Waals surface area contributed by atoms with Crippen LogP contribution in [0.15, 0.2) is 16.9 Å². The molecule has 0 aliphatic heterocycles. The quantitative estimate of drug-likeness (QED) is 0.843. The molecule has 1 rings (SSSR count). The van der Waals surface area contributed by atoms with Crippen molar-refractivity contribution in [1.29, 1.82) is 0 Å². The zero-order valence-corrected chi connectivity index (χ0v) is 8.95. The van der Waals surface area contributed by atoms with E-state index in [4.69, 9.17) is 5.11 Å².